The molecule has 1 aromatic heterocycles. The zero-order valence-corrected chi connectivity index (χ0v) is 17.6. The SMILES string of the molecule is CN=C(NCc1ncc(C)c(OC)c1C)NCC1CN(CC(C)C)CCO1. The van der Waals surface area contributed by atoms with Gasteiger partial charge in [-0.1, -0.05) is 13.8 Å². The van der Waals surface area contributed by atoms with E-state index in [1.54, 1.807) is 14.2 Å². The highest BCUT2D eigenvalue weighted by atomic mass is 16.5. The molecule has 27 heavy (non-hydrogen) atoms. The second-order valence-corrected chi connectivity index (χ2v) is 7.50. The largest absolute Gasteiger partial charge is 0.496 e. The van der Waals surface area contributed by atoms with Crippen LogP contribution in [0.5, 0.6) is 5.75 Å². The van der Waals surface area contributed by atoms with Crippen LogP contribution in [-0.4, -0.2) is 68.9 Å². The summed E-state index contributed by atoms with van der Waals surface area (Å²) in [4.78, 5) is 11.3. The van der Waals surface area contributed by atoms with Crippen LogP contribution in [0, 0.1) is 19.8 Å². The Morgan fingerprint density at radius 3 is 2.85 bits per heavy atom. The molecule has 1 aromatic rings. The minimum Gasteiger partial charge on any atom is -0.496 e. The second kappa shape index (κ2) is 10.5. The van der Waals surface area contributed by atoms with Crippen LogP contribution in [0.3, 0.4) is 0 Å². The molecule has 152 valence electrons. The summed E-state index contributed by atoms with van der Waals surface area (Å²) in [6.45, 7) is 13.7. The molecule has 1 atom stereocenters. The number of morpholine rings is 1. The van der Waals surface area contributed by atoms with Gasteiger partial charge >= 0.3 is 0 Å². The van der Waals surface area contributed by atoms with E-state index < -0.39 is 0 Å². The third-order valence-corrected chi connectivity index (χ3v) is 4.74. The van der Waals surface area contributed by atoms with E-state index in [0.717, 1.165) is 61.3 Å². The minimum absolute atomic E-state index is 0.176. The number of rotatable bonds is 7. The van der Waals surface area contributed by atoms with Crippen LogP contribution in [-0.2, 0) is 11.3 Å². The molecule has 7 heteroatoms. The summed E-state index contributed by atoms with van der Waals surface area (Å²) in [5, 5.41) is 6.70. The van der Waals surface area contributed by atoms with E-state index in [-0.39, 0.29) is 6.10 Å². The summed E-state index contributed by atoms with van der Waals surface area (Å²) >= 11 is 0. The van der Waals surface area contributed by atoms with Crippen LogP contribution in [0.25, 0.3) is 0 Å². The Morgan fingerprint density at radius 1 is 1.41 bits per heavy atom. The summed E-state index contributed by atoms with van der Waals surface area (Å²) in [6, 6.07) is 0. The van der Waals surface area contributed by atoms with E-state index in [2.05, 4.69) is 39.4 Å². The summed E-state index contributed by atoms with van der Waals surface area (Å²) in [7, 11) is 3.47. The van der Waals surface area contributed by atoms with Gasteiger partial charge in [0.1, 0.15) is 5.75 Å². The summed E-state index contributed by atoms with van der Waals surface area (Å²) in [6.07, 6.45) is 2.02. The fourth-order valence-corrected chi connectivity index (χ4v) is 3.43. The van der Waals surface area contributed by atoms with Crippen LogP contribution in [0.1, 0.15) is 30.7 Å². The van der Waals surface area contributed by atoms with Crippen molar-refractivity contribution in [2.45, 2.75) is 40.3 Å². The molecule has 0 spiro atoms. The fraction of sp³-hybridized carbons (Fsp3) is 0.700. The minimum atomic E-state index is 0.176. The van der Waals surface area contributed by atoms with E-state index >= 15 is 0 Å². The van der Waals surface area contributed by atoms with Gasteiger partial charge in [-0.05, 0) is 19.8 Å². The zero-order valence-electron chi connectivity index (χ0n) is 17.6. The third-order valence-electron chi connectivity index (χ3n) is 4.74. The fourth-order valence-electron chi connectivity index (χ4n) is 3.43. The molecule has 2 N–H and O–H groups in total. The van der Waals surface area contributed by atoms with Crippen LogP contribution < -0.4 is 15.4 Å². The third kappa shape index (κ3) is 6.36. The Morgan fingerprint density at radius 2 is 2.19 bits per heavy atom. The molecule has 0 aliphatic carbocycles. The van der Waals surface area contributed by atoms with Gasteiger partial charge in [0.05, 0.1) is 32.1 Å². The Kier molecular flexibility index (Phi) is 8.31. The number of nitrogens with one attached hydrogen (secondary N) is 2. The van der Waals surface area contributed by atoms with Crippen LogP contribution in [0.2, 0.25) is 0 Å². The molecule has 2 heterocycles. The lowest BCUT2D eigenvalue weighted by Gasteiger charge is -2.34. The number of nitrogens with zero attached hydrogens (tertiary/aromatic N) is 3. The van der Waals surface area contributed by atoms with Crippen molar-refractivity contribution in [2.24, 2.45) is 10.9 Å². The smallest absolute Gasteiger partial charge is 0.191 e. The van der Waals surface area contributed by atoms with Gasteiger partial charge in [0.15, 0.2) is 5.96 Å². The summed E-state index contributed by atoms with van der Waals surface area (Å²) < 4.78 is 11.4. The van der Waals surface area contributed by atoms with Crippen molar-refractivity contribution < 1.29 is 9.47 Å². The Labute approximate surface area is 163 Å². The lowest BCUT2D eigenvalue weighted by molar-refractivity contribution is -0.0284. The van der Waals surface area contributed by atoms with Gasteiger partial charge in [0.25, 0.3) is 0 Å². The molecule has 1 aliphatic heterocycles. The van der Waals surface area contributed by atoms with E-state index in [1.165, 1.54) is 0 Å². The molecule has 1 aliphatic rings. The number of hydrogen-bond donors (Lipinski definition) is 2. The first-order chi connectivity index (χ1) is 12.9. The van der Waals surface area contributed by atoms with E-state index in [4.69, 9.17) is 9.47 Å². The predicted octanol–water partition coefficient (Wildman–Crippen LogP) is 1.73. The average Bonchev–Trinajstić information content (AvgIpc) is 2.63. The number of aliphatic imine (C=N–C) groups is 1. The maximum atomic E-state index is 5.89. The number of aryl methyl sites for hydroxylation is 1. The Hall–Kier alpha value is -1.86. The number of aromatic nitrogens is 1. The lowest BCUT2D eigenvalue weighted by atomic mass is 10.1. The quantitative estimate of drug-likeness (QED) is 0.557. The molecule has 1 unspecified atom stereocenters. The molecular weight excluding hydrogens is 342 g/mol. The standard InChI is InChI=1S/C20H35N5O2/c1-14(2)12-25-7-8-27-17(13-25)10-23-20(21-5)24-11-18-16(4)19(26-6)15(3)9-22-18/h9,14,17H,7-8,10-13H2,1-6H3,(H2,21,23,24). The van der Waals surface area contributed by atoms with Crippen molar-refractivity contribution in [1.82, 2.24) is 20.5 Å². The first kappa shape index (κ1) is 21.4. The van der Waals surface area contributed by atoms with Gasteiger partial charge in [0.2, 0.25) is 0 Å². The van der Waals surface area contributed by atoms with Crippen molar-refractivity contribution in [3.8, 4) is 5.75 Å². The molecule has 0 amide bonds. The number of hydrogen-bond acceptors (Lipinski definition) is 5. The van der Waals surface area contributed by atoms with Gasteiger partial charge in [-0.3, -0.25) is 14.9 Å². The number of pyridine rings is 1. The highest BCUT2D eigenvalue weighted by Gasteiger charge is 2.21. The number of methoxy groups -OCH3 is 1. The van der Waals surface area contributed by atoms with Crippen LogP contribution in [0.15, 0.2) is 11.2 Å². The van der Waals surface area contributed by atoms with Gasteiger partial charge in [-0.2, -0.15) is 0 Å². The molecule has 0 aromatic carbocycles. The second-order valence-electron chi connectivity index (χ2n) is 7.50. The number of guanidine groups is 1. The van der Waals surface area contributed by atoms with Crippen LogP contribution in [0.4, 0.5) is 0 Å². The maximum Gasteiger partial charge on any atom is 0.191 e. The maximum absolute atomic E-state index is 5.89. The normalized spacial score (nSPS) is 18.6. The molecule has 1 saturated heterocycles. The molecular formula is C20H35N5O2. The average molecular weight is 378 g/mol. The number of ether oxygens (including phenoxy) is 2. The van der Waals surface area contributed by atoms with E-state index in [1.807, 2.05) is 20.0 Å². The zero-order chi connectivity index (χ0) is 19.8. The highest BCUT2D eigenvalue weighted by molar-refractivity contribution is 5.79. The van der Waals surface area contributed by atoms with Gasteiger partial charge < -0.3 is 20.1 Å². The van der Waals surface area contributed by atoms with Crippen molar-refractivity contribution in [2.75, 3.05) is 46.9 Å². The van der Waals surface area contributed by atoms with E-state index in [9.17, 15) is 0 Å². The first-order valence-corrected chi connectivity index (χ1v) is 9.72. The van der Waals surface area contributed by atoms with Gasteiger partial charge in [0, 0.05) is 50.6 Å². The predicted molar refractivity (Wildman–Crippen MR) is 109 cm³/mol. The van der Waals surface area contributed by atoms with Gasteiger partial charge in [-0.25, -0.2) is 0 Å². The van der Waals surface area contributed by atoms with Crippen molar-refractivity contribution in [1.29, 1.82) is 0 Å². The highest BCUT2D eigenvalue weighted by Crippen LogP contribution is 2.23. The van der Waals surface area contributed by atoms with Crippen molar-refractivity contribution >= 4 is 5.96 Å². The summed E-state index contributed by atoms with van der Waals surface area (Å²) in [5.41, 5.74) is 3.06. The summed E-state index contributed by atoms with van der Waals surface area (Å²) in [5.74, 6) is 2.32. The molecule has 2 rings (SSSR count). The topological polar surface area (TPSA) is 71.0 Å². The monoisotopic (exact) mass is 377 g/mol. The van der Waals surface area contributed by atoms with Crippen molar-refractivity contribution in [3.05, 3.63) is 23.0 Å². The molecule has 0 bridgehead atoms. The van der Waals surface area contributed by atoms with Gasteiger partial charge in [-0.15, -0.1) is 0 Å². The molecule has 0 radical (unpaired) electrons. The Bertz CT molecular complexity index is 633. The molecule has 7 nitrogen and oxygen atoms in total. The van der Waals surface area contributed by atoms with Crippen molar-refractivity contribution in [3.63, 3.8) is 0 Å². The van der Waals surface area contributed by atoms with E-state index in [0.29, 0.717) is 12.5 Å². The molecule has 0 saturated carbocycles. The first-order valence-electron chi connectivity index (χ1n) is 9.72. The Balaban J connectivity index is 1.84. The lowest BCUT2D eigenvalue weighted by Crippen LogP contribution is -2.50. The molecule has 1 fully saturated rings. The van der Waals surface area contributed by atoms with Crippen LogP contribution >= 0.6 is 0 Å².